The van der Waals surface area contributed by atoms with Crippen molar-refractivity contribution in [1.82, 2.24) is 9.88 Å². The summed E-state index contributed by atoms with van der Waals surface area (Å²) < 4.78 is 24.9. The van der Waals surface area contributed by atoms with E-state index in [-0.39, 0.29) is 16.6 Å². The number of sulfone groups is 1. The third kappa shape index (κ3) is 3.95. The molecule has 9 heteroatoms. The molecule has 1 aliphatic rings. The van der Waals surface area contributed by atoms with Gasteiger partial charge in [0.15, 0.2) is 20.8 Å². The highest BCUT2D eigenvalue weighted by Crippen LogP contribution is 2.33. The van der Waals surface area contributed by atoms with Gasteiger partial charge in [-0.3, -0.25) is 9.59 Å². The maximum absolute atomic E-state index is 12.8. The third-order valence-electron chi connectivity index (χ3n) is 5.15. The number of fused-ring (bicyclic) bond motifs is 1. The molecule has 2 heterocycles. The summed E-state index contributed by atoms with van der Waals surface area (Å²) in [5.74, 6) is -0.0918. The van der Waals surface area contributed by atoms with Gasteiger partial charge in [0.2, 0.25) is 0 Å². The number of anilines is 1. The van der Waals surface area contributed by atoms with Gasteiger partial charge < -0.3 is 9.80 Å². The third-order valence-corrected chi connectivity index (χ3v) is 7.36. The van der Waals surface area contributed by atoms with Gasteiger partial charge in [0, 0.05) is 43.6 Å². The maximum Gasteiger partial charge on any atom is 0.253 e. The van der Waals surface area contributed by atoms with E-state index in [1.54, 1.807) is 41.3 Å². The number of thiazole rings is 1. The molecule has 0 radical (unpaired) electrons. The Morgan fingerprint density at radius 3 is 2.20 bits per heavy atom. The molecule has 1 amide bonds. The largest absolute Gasteiger partial charge is 0.345 e. The van der Waals surface area contributed by atoms with Gasteiger partial charge in [-0.1, -0.05) is 29.5 Å². The molecule has 1 fully saturated rings. The summed E-state index contributed by atoms with van der Waals surface area (Å²) in [6.45, 7) is 3.82. The molecular weight excluding hydrogens is 422 g/mol. The second kappa shape index (κ2) is 7.81. The number of benzene rings is 2. The fourth-order valence-corrected chi connectivity index (χ4v) is 5.42. The van der Waals surface area contributed by atoms with Crippen molar-refractivity contribution in [1.29, 1.82) is 0 Å². The molecule has 0 saturated carbocycles. The van der Waals surface area contributed by atoms with Crippen LogP contribution in [0.5, 0.6) is 0 Å². The molecule has 4 rings (SSSR count). The molecule has 7 nitrogen and oxygen atoms in total. The van der Waals surface area contributed by atoms with Crippen LogP contribution in [0.2, 0.25) is 0 Å². The molecule has 2 aromatic carbocycles. The molecule has 1 aliphatic heterocycles. The molecule has 156 valence electrons. The molecule has 0 atom stereocenters. The summed E-state index contributed by atoms with van der Waals surface area (Å²) in [7, 11) is -3.35. The summed E-state index contributed by atoms with van der Waals surface area (Å²) in [6, 6.07) is 11.9. The topological polar surface area (TPSA) is 87.7 Å². The minimum Gasteiger partial charge on any atom is -0.345 e. The number of piperazine rings is 1. The zero-order valence-electron chi connectivity index (χ0n) is 16.7. The average Bonchev–Trinajstić information content (AvgIpc) is 3.17. The van der Waals surface area contributed by atoms with Gasteiger partial charge in [-0.25, -0.2) is 13.4 Å². The van der Waals surface area contributed by atoms with Crippen LogP contribution in [0.4, 0.5) is 5.13 Å². The molecule has 0 unspecified atom stereocenters. The number of aromatic nitrogens is 1. The van der Waals surface area contributed by atoms with Crippen LogP contribution < -0.4 is 4.90 Å². The normalized spacial score (nSPS) is 14.9. The van der Waals surface area contributed by atoms with Crippen molar-refractivity contribution < 1.29 is 18.0 Å². The zero-order valence-corrected chi connectivity index (χ0v) is 18.3. The van der Waals surface area contributed by atoms with Gasteiger partial charge in [0.05, 0.1) is 9.60 Å². The predicted molar refractivity (Wildman–Crippen MR) is 117 cm³/mol. The highest BCUT2D eigenvalue weighted by Gasteiger charge is 2.25. The van der Waals surface area contributed by atoms with Crippen molar-refractivity contribution in [3.05, 3.63) is 53.6 Å². The molecule has 1 saturated heterocycles. The molecule has 0 N–H and O–H groups in total. The van der Waals surface area contributed by atoms with Crippen LogP contribution in [0.25, 0.3) is 10.2 Å². The second-order valence-electron chi connectivity index (χ2n) is 7.28. The highest BCUT2D eigenvalue weighted by atomic mass is 32.2. The van der Waals surface area contributed by atoms with Crippen molar-refractivity contribution in [3.8, 4) is 0 Å². The van der Waals surface area contributed by atoms with Crippen LogP contribution in [0.15, 0.2) is 47.4 Å². The lowest BCUT2D eigenvalue weighted by atomic mass is 10.1. The first-order valence-electron chi connectivity index (χ1n) is 9.49. The number of amides is 1. The monoisotopic (exact) mass is 443 g/mol. The van der Waals surface area contributed by atoms with Crippen molar-refractivity contribution in [2.75, 3.05) is 37.3 Å². The molecule has 3 aromatic rings. The number of rotatable bonds is 4. The summed E-state index contributed by atoms with van der Waals surface area (Å²) in [5.41, 5.74) is 1.65. The van der Waals surface area contributed by atoms with Crippen molar-refractivity contribution in [2.45, 2.75) is 11.8 Å². The van der Waals surface area contributed by atoms with Crippen LogP contribution in [0, 0.1) is 0 Å². The molecular formula is C21H21N3O4S2. The lowest BCUT2D eigenvalue weighted by Gasteiger charge is -2.34. The van der Waals surface area contributed by atoms with E-state index in [9.17, 15) is 18.0 Å². The van der Waals surface area contributed by atoms with Gasteiger partial charge in [-0.2, -0.15) is 0 Å². The van der Waals surface area contributed by atoms with Crippen LogP contribution in [0.1, 0.15) is 27.6 Å². The van der Waals surface area contributed by atoms with Gasteiger partial charge in [0.25, 0.3) is 5.91 Å². The van der Waals surface area contributed by atoms with Crippen LogP contribution in [-0.4, -0.2) is 62.4 Å². The number of carbonyl (C=O) groups is 2. The Labute approximate surface area is 178 Å². The first-order chi connectivity index (χ1) is 14.2. The number of ketones is 1. The van der Waals surface area contributed by atoms with Crippen molar-refractivity contribution in [2.24, 2.45) is 0 Å². The quantitative estimate of drug-likeness (QED) is 0.576. The number of hydrogen-bond acceptors (Lipinski definition) is 7. The number of Topliss-reactive ketones (excluding diaryl/α,β-unsaturated/α-hetero) is 1. The smallest absolute Gasteiger partial charge is 0.253 e. The lowest BCUT2D eigenvalue weighted by molar-refractivity contribution is 0.0746. The molecule has 0 aliphatic carbocycles. The Morgan fingerprint density at radius 2 is 1.60 bits per heavy atom. The van der Waals surface area contributed by atoms with Crippen LogP contribution in [-0.2, 0) is 9.84 Å². The van der Waals surface area contributed by atoms with E-state index in [0.29, 0.717) is 42.8 Å². The Kier molecular flexibility index (Phi) is 5.33. The lowest BCUT2D eigenvalue weighted by Crippen LogP contribution is -2.48. The SMILES string of the molecule is CC(=O)c1ccc(C(=O)N2CCN(c3nc4c(S(C)(=O)=O)cccc4s3)CC2)cc1. The van der Waals surface area contributed by atoms with Gasteiger partial charge in [0.1, 0.15) is 5.52 Å². The number of para-hydroxylation sites is 1. The van der Waals surface area contributed by atoms with E-state index in [0.717, 1.165) is 9.83 Å². The summed E-state index contributed by atoms with van der Waals surface area (Å²) in [5, 5.41) is 0.763. The van der Waals surface area contributed by atoms with Crippen LogP contribution in [0.3, 0.4) is 0 Å². The molecule has 0 bridgehead atoms. The minimum absolute atomic E-state index is 0.0301. The fraction of sp³-hybridized carbons (Fsp3) is 0.286. The van der Waals surface area contributed by atoms with E-state index in [4.69, 9.17) is 0 Å². The molecule has 0 spiro atoms. The maximum atomic E-state index is 12.8. The Hall–Kier alpha value is -2.78. The summed E-state index contributed by atoms with van der Waals surface area (Å²) in [4.78, 5) is 32.9. The minimum atomic E-state index is -3.35. The number of carbonyl (C=O) groups excluding carboxylic acids is 2. The summed E-state index contributed by atoms with van der Waals surface area (Å²) >= 11 is 1.46. The molecule has 1 aromatic heterocycles. The van der Waals surface area contributed by atoms with Crippen molar-refractivity contribution >= 4 is 48.2 Å². The average molecular weight is 444 g/mol. The Morgan fingerprint density at radius 1 is 0.967 bits per heavy atom. The number of hydrogen-bond donors (Lipinski definition) is 0. The second-order valence-corrected chi connectivity index (χ2v) is 10.3. The highest BCUT2D eigenvalue weighted by molar-refractivity contribution is 7.91. The van der Waals surface area contributed by atoms with E-state index in [1.165, 1.54) is 24.5 Å². The van der Waals surface area contributed by atoms with Gasteiger partial charge in [-0.05, 0) is 31.2 Å². The Balaban J connectivity index is 1.48. The van der Waals surface area contributed by atoms with E-state index in [2.05, 4.69) is 9.88 Å². The predicted octanol–water partition coefficient (Wildman–Crippen LogP) is 2.86. The van der Waals surface area contributed by atoms with E-state index in [1.807, 2.05) is 6.07 Å². The first-order valence-corrected chi connectivity index (χ1v) is 12.2. The Bertz CT molecular complexity index is 1220. The van der Waals surface area contributed by atoms with E-state index < -0.39 is 9.84 Å². The van der Waals surface area contributed by atoms with Gasteiger partial charge in [-0.15, -0.1) is 0 Å². The van der Waals surface area contributed by atoms with Gasteiger partial charge >= 0.3 is 0 Å². The van der Waals surface area contributed by atoms with Crippen LogP contribution >= 0.6 is 11.3 Å². The van der Waals surface area contributed by atoms with Crippen molar-refractivity contribution in [3.63, 3.8) is 0 Å². The standard InChI is InChI=1S/C21H21N3O4S2/c1-14(25)15-6-8-16(9-7-15)20(26)23-10-12-24(13-11-23)21-22-19-17(29-21)4-3-5-18(19)30(2,27)28/h3-9H,10-13H2,1-2H3. The number of nitrogens with zero attached hydrogens (tertiary/aromatic N) is 3. The summed E-state index contributed by atoms with van der Waals surface area (Å²) in [6.07, 6.45) is 1.19. The fourth-order valence-electron chi connectivity index (χ4n) is 3.48. The first kappa shape index (κ1) is 20.5. The zero-order chi connectivity index (χ0) is 21.5. The molecule has 30 heavy (non-hydrogen) atoms. The van der Waals surface area contributed by atoms with E-state index >= 15 is 0 Å².